The van der Waals surface area contributed by atoms with Crippen LogP contribution in [0.1, 0.15) is 31.3 Å². The molecule has 0 radical (unpaired) electrons. The Bertz CT molecular complexity index is 1040. The number of aromatic nitrogens is 2. The fourth-order valence-electron chi connectivity index (χ4n) is 2.54. The number of carboxylic acid groups (broad SMARTS) is 1. The highest BCUT2D eigenvalue weighted by atomic mass is 16.4. The number of carbonyl (C=O) groups is 3. The number of para-hydroxylation sites is 1. The maximum absolute atomic E-state index is 12.7. The van der Waals surface area contributed by atoms with Crippen LogP contribution < -0.4 is 10.2 Å². The Hall–Kier alpha value is -4.07. The second kappa shape index (κ2) is 8.09. The summed E-state index contributed by atoms with van der Waals surface area (Å²) in [5.74, 6) is -2.34. The van der Waals surface area contributed by atoms with E-state index in [-0.39, 0.29) is 11.6 Å². The minimum absolute atomic E-state index is 0.256. The molecule has 0 bridgehead atoms. The van der Waals surface area contributed by atoms with E-state index in [1.54, 1.807) is 25.2 Å². The average molecular weight is 376 g/mol. The number of rotatable bonds is 5. The second-order valence-corrected chi connectivity index (χ2v) is 5.79. The van der Waals surface area contributed by atoms with Crippen molar-refractivity contribution < 1.29 is 19.5 Å². The van der Waals surface area contributed by atoms with Gasteiger partial charge in [-0.1, -0.05) is 24.3 Å². The molecule has 0 aliphatic carbocycles. The van der Waals surface area contributed by atoms with E-state index in [4.69, 9.17) is 5.11 Å². The number of hydrogen-bond donors (Lipinski definition) is 2. The molecule has 0 atom stereocenters. The lowest BCUT2D eigenvalue weighted by molar-refractivity contribution is 0.0684. The Labute approximate surface area is 160 Å². The molecule has 0 saturated heterocycles. The molecule has 0 unspecified atom stereocenters. The molecule has 1 aromatic heterocycles. The van der Waals surface area contributed by atoms with E-state index in [1.165, 1.54) is 23.4 Å². The van der Waals surface area contributed by atoms with E-state index in [2.05, 4.69) is 15.3 Å². The summed E-state index contributed by atoms with van der Waals surface area (Å²) in [6.07, 6.45) is 2.43. The van der Waals surface area contributed by atoms with Crippen LogP contribution in [0.15, 0.2) is 67.0 Å². The first kappa shape index (κ1) is 18.7. The molecule has 140 valence electrons. The summed E-state index contributed by atoms with van der Waals surface area (Å²) in [7, 11) is 1.65. The summed E-state index contributed by atoms with van der Waals surface area (Å²) < 4.78 is 0. The number of benzene rings is 2. The second-order valence-electron chi connectivity index (χ2n) is 5.79. The van der Waals surface area contributed by atoms with Gasteiger partial charge in [-0.2, -0.15) is 0 Å². The zero-order valence-electron chi connectivity index (χ0n) is 14.9. The maximum Gasteiger partial charge on any atom is 0.356 e. The van der Waals surface area contributed by atoms with Crippen molar-refractivity contribution >= 4 is 29.2 Å². The normalized spacial score (nSPS) is 10.2. The third-order valence-corrected chi connectivity index (χ3v) is 3.93. The van der Waals surface area contributed by atoms with Gasteiger partial charge in [-0.3, -0.25) is 9.59 Å². The zero-order valence-corrected chi connectivity index (χ0v) is 14.9. The van der Waals surface area contributed by atoms with Crippen LogP contribution in [0.2, 0.25) is 0 Å². The summed E-state index contributed by atoms with van der Waals surface area (Å²) in [6.45, 7) is 0. The van der Waals surface area contributed by atoms with Gasteiger partial charge in [0.05, 0.1) is 0 Å². The molecule has 3 aromatic rings. The fourth-order valence-corrected chi connectivity index (χ4v) is 2.54. The van der Waals surface area contributed by atoms with Crippen LogP contribution in [0.4, 0.5) is 11.4 Å². The van der Waals surface area contributed by atoms with Gasteiger partial charge in [0.1, 0.15) is 0 Å². The van der Waals surface area contributed by atoms with E-state index in [1.807, 2.05) is 30.3 Å². The first-order chi connectivity index (χ1) is 13.5. The molecule has 8 heteroatoms. The summed E-state index contributed by atoms with van der Waals surface area (Å²) in [6, 6.07) is 15.5. The highest BCUT2D eigenvalue weighted by Crippen LogP contribution is 2.18. The predicted octanol–water partition coefficient (Wildman–Crippen LogP) is 2.70. The number of hydrogen-bond acceptors (Lipinski definition) is 5. The van der Waals surface area contributed by atoms with Crippen molar-refractivity contribution in [2.24, 2.45) is 0 Å². The lowest BCUT2D eigenvalue weighted by Crippen LogP contribution is -2.26. The molecule has 2 aromatic carbocycles. The number of aromatic carboxylic acids is 1. The van der Waals surface area contributed by atoms with Gasteiger partial charge in [-0.05, 0) is 30.3 Å². The van der Waals surface area contributed by atoms with Gasteiger partial charge in [0, 0.05) is 36.4 Å². The molecular formula is C20H16N4O4. The molecule has 8 nitrogen and oxygen atoms in total. The predicted molar refractivity (Wildman–Crippen MR) is 103 cm³/mol. The van der Waals surface area contributed by atoms with Gasteiger partial charge in [-0.15, -0.1) is 0 Å². The Morgan fingerprint density at radius 2 is 1.61 bits per heavy atom. The smallest absolute Gasteiger partial charge is 0.356 e. The minimum atomic E-state index is -1.35. The van der Waals surface area contributed by atoms with Crippen LogP contribution in [-0.4, -0.2) is 39.9 Å². The number of nitrogens with one attached hydrogen (secondary N) is 1. The minimum Gasteiger partial charge on any atom is -0.476 e. The molecule has 1 heterocycles. The van der Waals surface area contributed by atoms with E-state index >= 15 is 0 Å². The number of nitrogens with zero attached hydrogens (tertiary/aromatic N) is 3. The lowest BCUT2D eigenvalue weighted by atomic mass is 10.1. The number of anilines is 2. The molecule has 2 amide bonds. The van der Waals surface area contributed by atoms with Crippen LogP contribution >= 0.6 is 0 Å². The fraction of sp³-hybridized carbons (Fsp3) is 0.0500. The standard InChI is InChI=1S/C20H16N4O4/c1-24(15-8-3-2-4-9-15)19(26)13-6-5-7-14(12-13)23-18(25)16-17(20(27)28)22-11-10-21-16/h2-12H,1H3,(H,23,25)(H,27,28). The van der Waals surface area contributed by atoms with E-state index in [0.29, 0.717) is 11.3 Å². The molecule has 3 rings (SSSR count). The first-order valence-electron chi connectivity index (χ1n) is 8.26. The van der Waals surface area contributed by atoms with E-state index in [9.17, 15) is 14.4 Å². The van der Waals surface area contributed by atoms with Crippen LogP contribution in [0.25, 0.3) is 0 Å². The van der Waals surface area contributed by atoms with Crippen molar-refractivity contribution in [3.05, 3.63) is 83.9 Å². The Morgan fingerprint density at radius 3 is 2.29 bits per heavy atom. The molecule has 0 saturated carbocycles. The Morgan fingerprint density at radius 1 is 0.929 bits per heavy atom. The topological polar surface area (TPSA) is 112 Å². The zero-order chi connectivity index (χ0) is 20.1. The third kappa shape index (κ3) is 4.01. The number of amides is 2. The SMILES string of the molecule is CN(C(=O)c1cccc(NC(=O)c2nccnc2C(=O)O)c1)c1ccccc1. The number of carbonyl (C=O) groups excluding carboxylic acids is 2. The first-order valence-corrected chi connectivity index (χ1v) is 8.26. The van der Waals surface area contributed by atoms with Crippen molar-refractivity contribution in [3.8, 4) is 0 Å². The highest BCUT2D eigenvalue weighted by molar-refractivity contribution is 6.10. The Kier molecular flexibility index (Phi) is 5.40. The molecule has 28 heavy (non-hydrogen) atoms. The molecule has 2 N–H and O–H groups in total. The van der Waals surface area contributed by atoms with E-state index in [0.717, 1.165) is 5.69 Å². The summed E-state index contributed by atoms with van der Waals surface area (Å²) >= 11 is 0. The summed E-state index contributed by atoms with van der Waals surface area (Å²) in [4.78, 5) is 45.3. The van der Waals surface area contributed by atoms with Crippen LogP contribution in [0.3, 0.4) is 0 Å². The molecule has 0 aliphatic heterocycles. The van der Waals surface area contributed by atoms with Crippen LogP contribution in [0, 0.1) is 0 Å². The quantitative estimate of drug-likeness (QED) is 0.708. The maximum atomic E-state index is 12.7. The van der Waals surface area contributed by atoms with Gasteiger partial charge >= 0.3 is 5.97 Å². The summed E-state index contributed by atoms with van der Waals surface area (Å²) in [5.41, 5.74) is 0.665. The van der Waals surface area contributed by atoms with Crippen LogP contribution in [0.5, 0.6) is 0 Å². The highest BCUT2D eigenvalue weighted by Gasteiger charge is 2.20. The van der Waals surface area contributed by atoms with Crippen molar-refractivity contribution in [2.45, 2.75) is 0 Å². The van der Waals surface area contributed by atoms with E-state index < -0.39 is 17.6 Å². The van der Waals surface area contributed by atoms with Gasteiger partial charge in [0.15, 0.2) is 11.4 Å². The van der Waals surface area contributed by atoms with Crippen molar-refractivity contribution in [3.63, 3.8) is 0 Å². The van der Waals surface area contributed by atoms with Crippen molar-refractivity contribution in [1.82, 2.24) is 9.97 Å². The molecule has 0 aliphatic rings. The molecule has 0 fully saturated rings. The van der Waals surface area contributed by atoms with Gasteiger partial charge in [0.2, 0.25) is 0 Å². The molecular weight excluding hydrogens is 360 g/mol. The number of carboxylic acids is 1. The largest absolute Gasteiger partial charge is 0.476 e. The summed E-state index contributed by atoms with van der Waals surface area (Å²) in [5, 5.41) is 11.7. The van der Waals surface area contributed by atoms with Crippen LogP contribution in [-0.2, 0) is 0 Å². The van der Waals surface area contributed by atoms with Gasteiger partial charge in [-0.25, -0.2) is 14.8 Å². The third-order valence-electron chi connectivity index (χ3n) is 3.93. The van der Waals surface area contributed by atoms with Crippen molar-refractivity contribution in [1.29, 1.82) is 0 Å². The molecule has 0 spiro atoms. The van der Waals surface area contributed by atoms with Gasteiger partial charge < -0.3 is 15.3 Å². The monoisotopic (exact) mass is 376 g/mol. The average Bonchev–Trinajstić information content (AvgIpc) is 2.73. The lowest BCUT2D eigenvalue weighted by Gasteiger charge is -2.17. The van der Waals surface area contributed by atoms with Crippen molar-refractivity contribution in [2.75, 3.05) is 17.3 Å². The Balaban J connectivity index is 1.81. The van der Waals surface area contributed by atoms with Gasteiger partial charge in [0.25, 0.3) is 11.8 Å².